The lowest BCUT2D eigenvalue weighted by Gasteiger charge is -2.24. The van der Waals surface area contributed by atoms with E-state index in [-0.39, 0.29) is 18.4 Å². The van der Waals surface area contributed by atoms with Gasteiger partial charge in [0.25, 0.3) is 11.9 Å². The summed E-state index contributed by atoms with van der Waals surface area (Å²) >= 11 is 0. The number of carbonyl (C=O) groups is 2. The highest BCUT2D eigenvalue weighted by Crippen LogP contribution is 2.25. The van der Waals surface area contributed by atoms with Crippen LogP contribution in [0.1, 0.15) is 38.9 Å². The number of aryl methyl sites for hydroxylation is 3. The molecule has 8 heteroatoms. The molecule has 1 aliphatic rings. The van der Waals surface area contributed by atoms with E-state index in [4.69, 9.17) is 0 Å². The second-order valence-corrected chi connectivity index (χ2v) is 6.87. The molecule has 3 aromatic rings. The number of fused-ring (bicyclic) bond motifs is 1. The van der Waals surface area contributed by atoms with Crippen molar-refractivity contribution in [2.45, 2.75) is 26.7 Å². The molecule has 142 valence electrons. The largest absolute Gasteiger partial charge is 0.351 e. The van der Waals surface area contributed by atoms with Gasteiger partial charge >= 0.3 is 0 Å². The average Bonchev–Trinajstić information content (AvgIpc) is 3.01. The van der Waals surface area contributed by atoms with Gasteiger partial charge in [0, 0.05) is 35.3 Å². The van der Waals surface area contributed by atoms with Gasteiger partial charge < -0.3 is 10.6 Å². The topological polar surface area (TPSA) is 102 Å². The summed E-state index contributed by atoms with van der Waals surface area (Å²) in [4.78, 5) is 33.7. The minimum Gasteiger partial charge on any atom is -0.351 e. The van der Waals surface area contributed by atoms with E-state index >= 15 is 0 Å². The Balaban J connectivity index is 1.60. The first-order chi connectivity index (χ1) is 13.4. The summed E-state index contributed by atoms with van der Waals surface area (Å²) in [6, 6.07) is 10.8. The predicted octanol–water partition coefficient (Wildman–Crippen LogP) is 2.05. The molecular weight excluding hydrogens is 356 g/mol. The van der Waals surface area contributed by atoms with Crippen LogP contribution in [0.15, 0.2) is 36.4 Å². The van der Waals surface area contributed by atoms with Crippen LogP contribution < -0.4 is 10.6 Å². The van der Waals surface area contributed by atoms with E-state index in [1.165, 1.54) is 0 Å². The van der Waals surface area contributed by atoms with Crippen molar-refractivity contribution >= 4 is 17.6 Å². The molecule has 0 bridgehead atoms. The molecule has 1 aliphatic heterocycles. The second-order valence-electron chi connectivity index (χ2n) is 6.87. The highest BCUT2D eigenvalue weighted by Gasteiger charge is 2.30. The number of aromatic nitrogens is 4. The summed E-state index contributed by atoms with van der Waals surface area (Å²) in [6.45, 7) is 5.92. The van der Waals surface area contributed by atoms with Crippen molar-refractivity contribution in [3.8, 4) is 5.95 Å². The van der Waals surface area contributed by atoms with Gasteiger partial charge in [-0.1, -0.05) is 18.2 Å². The third-order valence-electron chi connectivity index (χ3n) is 4.66. The maximum atomic E-state index is 12.9. The molecular formula is C20H20N6O2. The van der Waals surface area contributed by atoms with Gasteiger partial charge in [0.1, 0.15) is 0 Å². The number of nitrogens with zero attached hydrogens (tertiary/aromatic N) is 4. The standard InChI is InChI=1S/C20H20N6O2/c1-11-8-12(2)23-20(22-11)26-13(3)9-17(25-26)24-19(28)16-10-21-18(27)15-7-5-4-6-14(15)16/h4-9,16H,10H2,1-3H3,(H,21,27)(H,24,25,28). The summed E-state index contributed by atoms with van der Waals surface area (Å²) in [6.07, 6.45) is 0. The number of hydrogen-bond acceptors (Lipinski definition) is 5. The van der Waals surface area contributed by atoms with E-state index < -0.39 is 5.92 Å². The van der Waals surface area contributed by atoms with Gasteiger partial charge in [0.05, 0.1) is 5.92 Å². The van der Waals surface area contributed by atoms with Crippen LogP contribution >= 0.6 is 0 Å². The fourth-order valence-electron chi connectivity index (χ4n) is 3.39. The van der Waals surface area contributed by atoms with Crippen LogP contribution in [0.3, 0.4) is 0 Å². The van der Waals surface area contributed by atoms with Crippen molar-refractivity contribution in [1.29, 1.82) is 0 Å². The summed E-state index contributed by atoms with van der Waals surface area (Å²) < 4.78 is 1.60. The van der Waals surface area contributed by atoms with Crippen molar-refractivity contribution in [1.82, 2.24) is 25.1 Å². The summed E-state index contributed by atoms with van der Waals surface area (Å²) in [5.41, 5.74) is 3.74. The lowest BCUT2D eigenvalue weighted by Crippen LogP contribution is -2.40. The zero-order valence-electron chi connectivity index (χ0n) is 15.9. The minimum atomic E-state index is -0.475. The highest BCUT2D eigenvalue weighted by atomic mass is 16.2. The smallest absolute Gasteiger partial charge is 0.251 e. The molecule has 4 rings (SSSR count). The van der Waals surface area contributed by atoms with Crippen molar-refractivity contribution in [3.63, 3.8) is 0 Å². The lowest BCUT2D eigenvalue weighted by atomic mass is 9.90. The van der Waals surface area contributed by atoms with Crippen LogP contribution in [0, 0.1) is 20.8 Å². The fraction of sp³-hybridized carbons (Fsp3) is 0.250. The van der Waals surface area contributed by atoms with Gasteiger partial charge in [-0.2, -0.15) is 0 Å². The molecule has 2 N–H and O–H groups in total. The second kappa shape index (κ2) is 6.88. The maximum absolute atomic E-state index is 12.9. The van der Waals surface area contributed by atoms with Crippen LogP contribution in [-0.2, 0) is 4.79 Å². The van der Waals surface area contributed by atoms with Gasteiger partial charge in [0.15, 0.2) is 5.82 Å². The van der Waals surface area contributed by atoms with E-state index in [2.05, 4.69) is 25.7 Å². The quantitative estimate of drug-likeness (QED) is 0.728. The fourth-order valence-corrected chi connectivity index (χ4v) is 3.39. The number of nitrogens with one attached hydrogen (secondary N) is 2. The first-order valence-electron chi connectivity index (χ1n) is 8.99. The van der Waals surface area contributed by atoms with Crippen LogP contribution in [0.2, 0.25) is 0 Å². The Labute approximate surface area is 162 Å². The lowest BCUT2D eigenvalue weighted by molar-refractivity contribution is -0.117. The van der Waals surface area contributed by atoms with E-state index in [9.17, 15) is 9.59 Å². The SMILES string of the molecule is Cc1cc(C)nc(-n2nc(NC(=O)C3CNC(=O)c4ccccc43)cc2C)n1. The van der Waals surface area contributed by atoms with Crippen molar-refractivity contribution in [2.75, 3.05) is 11.9 Å². The molecule has 28 heavy (non-hydrogen) atoms. The molecule has 0 saturated heterocycles. The number of hydrogen-bond donors (Lipinski definition) is 2. The molecule has 8 nitrogen and oxygen atoms in total. The van der Waals surface area contributed by atoms with Gasteiger partial charge in [0.2, 0.25) is 5.91 Å². The predicted molar refractivity (Wildman–Crippen MR) is 104 cm³/mol. The zero-order valence-corrected chi connectivity index (χ0v) is 15.9. The van der Waals surface area contributed by atoms with E-state index in [1.807, 2.05) is 39.0 Å². The third-order valence-corrected chi connectivity index (χ3v) is 4.66. The van der Waals surface area contributed by atoms with Gasteiger partial charge in [-0.3, -0.25) is 9.59 Å². The van der Waals surface area contributed by atoms with Crippen LogP contribution in [0.4, 0.5) is 5.82 Å². The van der Waals surface area contributed by atoms with Crippen LogP contribution in [0.25, 0.3) is 5.95 Å². The molecule has 0 spiro atoms. The van der Waals surface area contributed by atoms with Crippen LogP contribution in [0.5, 0.6) is 0 Å². The molecule has 1 atom stereocenters. The van der Waals surface area contributed by atoms with Gasteiger partial charge in [-0.05, 0) is 38.5 Å². The number of carbonyl (C=O) groups excluding carboxylic acids is 2. The minimum absolute atomic E-state index is 0.160. The van der Waals surface area contributed by atoms with Crippen molar-refractivity contribution in [3.05, 3.63) is 64.6 Å². The Morgan fingerprint density at radius 2 is 1.86 bits per heavy atom. The van der Waals surface area contributed by atoms with Crippen LogP contribution in [-0.4, -0.2) is 38.1 Å². The Bertz CT molecular complexity index is 1070. The van der Waals surface area contributed by atoms with Crippen molar-refractivity contribution in [2.24, 2.45) is 0 Å². The first-order valence-corrected chi connectivity index (χ1v) is 8.99. The van der Waals surface area contributed by atoms with Crippen molar-refractivity contribution < 1.29 is 9.59 Å². The molecule has 2 amide bonds. The van der Waals surface area contributed by atoms with Gasteiger partial charge in [-0.15, -0.1) is 5.10 Å². The third kappa shape index (κ3) is 3.24. The van der Waals surface area contributed by atoms with E-state index in [0.717, 1.165) is 22.6 Å². The Morgan fingerprint density at radius 1 is 1.14 bits per heavy atom. The van der Waals surface area contributed by atoms with E-state index in [1.54, 1.807) is 22.9 Å². The summed E-state index contributed by atoms with van der Waals surface area (Å²) in [5.74, 6) is 0.0208. The maximum Gasteiger partial charge on any atom is 0.251 e. The summed E-state index contributed by atoms with van der Waals surface area (Å²) in [5, 5.41) is 10.1. The molecule has 1 aromatic carbocycles. The zero-order chi connectivity index (χ0) is 19.8. The molecule has 3 heterocycles. The van der Waals surface area contributed by atoms with E-state index in [0.29, 0.717) is 17.3 Å². The molecule has 0 aliphatic carbocycles. The Morgan fingerprint density at radius 3 is 2.61 bits per heavy atom. The Hall–Kier alpha value is -3.55. The molecule has 1 unspecified atom stereocenters. The monoisotopic (exact) mass is 376 g/mol. The summed E-state index contributed by atoms with van der Waals surface area (Å²) in [7, 11) is 0. The number of benzene rings is 1. The molecule has 2 aromatic heterocycles. The number of rotatable bonds is 3. The normalized spacial score (nSPS) is 15.7. The molecule has 0 fully saturated rings. The highest BCUT2D eigenvalue weighted by molar-refractivity contribution is 6.03. The molecule has 0 radical (unpaired) electrons. The molecule has 0 saturated carbocycles. The number of amides is 2. The first kappa shape index (κ1) is 17.8. The van der Waals surface area contributed by atoms with Gasteiger partial charge in [-0.25, -0.2) is 14.6 Å². The Kier molecular flexibility index (Phi) is 4.38. The average molecular weight is 376 g/mol. The number of anilines is 1.